The Morgan fingerprint density at radius 1 is 1.31 bits per heavy atom. The normalized spacial score (nSPS) is 18.0. The van der Waals surface area contributed by atoms with Gasteiger partial charge in [0.05, 0.1) is 0 Å². The number of benzene rings is 2. The minimum absolute atomic E-state index is 0.0696. The Labute approximate surface area is 177 Å². The predicted octanol–water partition coefficient (Wildman–Crippen LogP) is 5.92. The number of fused-ring (bicyclic) bond motifs is 1. The molecule has 150 valence electrons. The van der Waals surface area contributed by atoms with Gasteiger partial charge in [-0.25, -0.2) is 0 Å². The van der Waals surface area contributed by atoms with Gasteiger partial charge in [-0.05, 0) is 92.3 Å². The molecule has 1 amide bonds. The van der Waals surface area contributed by atoms with E-state index >= 15 is 0 Å². The van der Waals surface area contributed by atoms with Gasteiger partial charge in [0.25, 0.3) is 5.91 Å². The predicted molar refractivity (Wildman–Crippen MR) is 120 cm³/mol. The zero-order valence-corrected chi connectivity index (χ0v) is 18.3. The zero-order chi connectivity index (χ0) is 21.3. The Bertz CT molecular complexity index is 1020. The highest BCUT2D eigenvalue weighted by Crippen LogP contribution is 2.43. The van der Waals surface area contributed by atoms with Crippen molar-refractivity contribution in [2.24, 2.45) is 0 Å². The van der Waals surface area contributed by atoms with Crippen molar-refractivity contribution >= 4 is 35.0 Å². The van der Waals surface area contributed by atoms with Gasteiger partial charge in [-0.3, -0.25) is 4.79 Å². The molecule has 0 saturated heterocycles. The van der Waals surface area contributed by atoms with Crippen molar-refractivity contribution in [3.8, 4) is 6.07 Å². The van der Waals surface area contributed by atoms with Crippen LogP contribution in [0.2, 0.25) is 5.02 Å². The maximum atomic E-state index is 12.6. The number of hydrogen-bond donors (Lipinski definition) is 1. The molecule has 1 N–H and O–H groups in total. The molecule has 5 heteroatoms. The Balaban J connectivity index is 1.94. The Morgan fingerprint density at radius 2 is 1.97 bits per heavy atom. The number of carbonyl (C=O) groups is 1. The second-order valence-corrected chi connectivity index (χ2v) is 8.81. The van der Waals surface area contributed by atoms with Crippen molar-refractivity contribution in [2.75, 3.05) is 17.3 Å². The van der Waals surface area contributed by atoms with Crippen LogP contribution in [0.5, 0.6) is 0 Å². The molecule has 2 aromatic rings. The molecule has 1 aliphatic heterocycles. The zero-order valence-electron chi connectivity index (χ0n) is 17.5. The van der Waals surface area contributed by atoms with E-state index < -0.39 is 5.91 Å². The summed E-state index contributed by atoms with van der Waals surface area (Å²) < 4.78 is 0. The van der Waals surface area contributed by atoms with Crippen LogP contribution in [0.3, 0.4) is 0 Å². The third-order valence-electron chi connectivity index (χ3n) is 5.79. The minimum Gasteiger partial charge on any atom is -0.369 e. The summed E-state index contributed by atoms with van der Waals surface area (Å²) in [6, 6.07) is 13.1. The van der Waals surface area contributed by atoms with Crippen molar-refractivity contribution in [3.63, 3.8) is 0 Å². The topological polar surface area (TPSA) is 56.1 Å². The van der Waals surface area contributed by atoms with Crippen LogP contribution in [0.1, 0.15) is 49.8 Å². The molecule has 1 aliphatic rings. The first-order valence-corrected chi connectivity index (χ1v) is 10.1. The molecule has 0 bridgehead atoms. The lowest BCUT2D eigenvalue weighted by molar-refractivity contribution is -0.112. The van der Waals surface area contributed by atoms with E-state index in [1.54, 1.807) is 30.3 Å². The fraction of sp³-hybridized carbons (Fsp3) is 0.333. The van der Waals surface area contributed by atoms with E-state index in [4.69, 9.17) is 11.6 Å². The van der Waals surface area contributed by atoms with Crippen LogP contribution in [0.25, 0.3) is 6.08 Å². The maximum Gasteiger partial charge on any atom is 0.266 e. The van der Waals surface area contributed by atoms with Gasteiger partial charge in [-0.2, -0.15) is 5.26 Å². The first-order valence-electron chi connectivity index (χ1n) is 9.69. The highest BCUT2D eigenvalue weighted by Gasteiger charge is 2.34. The van der Waals surface area contributed by atoms with Crippen LogP contribution in [0, 0.1) is 18.3 Å². The van der Waals surface area contributed by atoms with Crippen LogP contribution in [0.4, 0.5) is 11.4 Å². The Hall–Kier alpha value is -2.77. The van der Waals surface area contributed by atoms with Crippen LogP contribution < -0.4 is 10.2 Å². The van der Waals surface area contributed by atoms with E-state index in [1.807, 2.05) is 13.0 Å². The lowest BCUT2D eigenvalue weighted by atomic mass is 9.79. The lowest BCUT2D eigenvalue weighted by Gasteiger charge is -2.45. The third-order valence-corrected chi connectivity index (χ3v) is 6.04. The van der Waals surface area contributed by atoms with Crippen LogP contribution in [0.15, 0.2) is 42.0 Å². The average molecular weight is 408 g/mol. The van der Waals surface area contributed by atoms with E-state index in [1.165, 1.54) is 11.3 Å². The van der Waals surface area contributed by atoms with Gasteiger partial charge >= 0.3 is 0 Å². The molecule has 0 aliphatic carbocycles. The minimum atomic E-state index is -0.432. The largest absolute Gasteiger partial charge is 0.369 e. The van der Waals surface area contributed by atoms with Gasteiger partial charge in [-0.15, -0.1) is 0 Å². The third kappa shape index (κ3) is 4.31. The van der Waals surface area contributed by atoms with E-state index in [2.05, 4.69) is 50.2 Å². The summed E-state index contributed by atoms with van der Waals surface area (Å²) in [6.45, 7) is 8.75. The molecule has 0 saturated carbocycles. The number of halogens is 1. The quantitative estimate of drug-likeness (QED) is 0.507. The van der Waals surface area contributed by atoms with Crippen molar-refractivity contribution in [1.29, 1.82) is 5.26 Å². The molecule has 0 radical (unpaired) electrons. The number of nitriles is 1. The summed E-state index contributed by atoms with van der Waals surface area (Å²) in [4.78, 5) is 14.9. The number of aryl methyl sites for hydroxylation is 1. The smallest absolute Gasteiger partial charge is 0.266 e. The summed E-state index contributed by atoms with van der Waals surface area (Å²) in [5, 5.41) is 12.9. The molecule has 0 unspecified atom stereocenters. The van der Waals surface area contributed by atoms with Crippen molar-refractivity contribution in [2.45, 2.75) is 45.6 Å². The molecule has 1 atom stereocenters. The number of nitrogens with zero attached hydrogens (tertiary/aromatic N) is 2. The van der Waals surface area contributed by atoms with Gasteiger partial charge in [0.15, 0.2) is 0 Å². The number of hydrogen-bond acceptors (Lipinski definition) is 3. The highest BCUT2D eigenvalue weighted by molar-refractivity contribution is 6.30. The van der Waals surface area contributed by atoms with Crippen molar-refractivity contribution in [3.05, 3.63) is 63.7 Å². The summed E-state index contributed by atoms with van der Waals surface area (Å²) >= 11 is 5.88. The monoisotopic (exact) mass is 407 g/mol. The molecule has 3 rings (SSSR count). The van der Waals surface area contributed by atoms with Gasteiger partial charge < -0.3 is 10.2 Å². The number of carbonyl (C=O) groups excluding carboxylic acids is 1. The Kier molecular flexibility index (Phi) is 5.73. The van der Waals surface area contributed by atoms with Gasteiger partial charge in [-0.1, -0.05) is 18.5 Å². The van der Waals surface area contributed by atoms with E-state index in [0.717, 1.165) is 17.5 Å². The number of rotatable bonds is 3. The summed E-state index contributed by atoms with van der Waals surface area (Å²) in [5.41, 5.74) is 5.15. The summed E-state index contributed by atoms with van der Waals surface area (Å²) in [5.74, 6) is -0.0318. The molecule has 29 heavy (non-hydrogen) atoms. The van der Waals surface area contributed by atoms with Crippen molar-refractivity contribution in [1.82, 2.24) is 0 Å². The van der Waals surface area contributed by atoms with Crippen LogP contribution in [-0.2, 0) is 4.79 Å². The molecule has 0 fully saturated rings. The van der Waals surface area contributed by atoms with Crippen molar-refractivity contribution < 1.29 is 4.79 Å². The van der Waals surface area contributed by atoms with E-state index in [9.17, 15) is 10.1 Å². The van der Waals surface area contributed by atoms with Gasteiger partial charge in [0, 0.05) is 29.0 Å². The molecule has 0 spiro atoms. The second-order valence-electron chi connectivity index (χ2n) is 8.38. The number of amides is 1. The molecular weight excluding hydrogens is 382 g/mol. The lowest BCUT2D eigenvalue weighted by Crippen LogP contribution is -2.45. The molecule has 0 aromatic heterocycles. The second kappa shape index (κ2) is 7.93. The van der Waals surface area contributed by atoms with Gasteiger partial charge in [0.1, 0.15) is 11.6 Å². The fourth-order valence-electron chi connectivity index (χ4n) is 3.93. The van der Waals surface area contributed by atoms with Crippen LogP contribution >= 0.6 is 11.6 Å². The van der Waals surface area contributed by atoms with Crippen LogP contribution in [-0.4, -0.2) is 18.5 Å². The standard InChI is InChI=1S/C24H26ClN3O/c1-15-10-22-21(16(2)13-24(3,4)28(22)5)12-17(15)11-18(14-26)23(29)27-20-8-6-19(25)7-9-20/h6-12,16H,13H2,1-5H3,(H,27,29)/b18-11-/t16-/m0/s1. The average Bonchev–Trinajstić information content (AvgIpc) is 2.66. The maximum absolute atomic E-state index is 12.6. The molecule has 1 heterocycles. The molecular formula is C24H26ClN3O. The van der Waals surface area contributed by atoms with E-state index in [0.29, 0.717) is 16.6 Å². The Morgan fingerprint density at radius 3 is 2.59 bits per heavy atom. The number of anilines is 2. The van der Waals surface area contributed by atoms with E-state index in [-0.39, 0.29) is 11.1 Å². The van der Waals surface area contributed by atoms with Gasteiger partial charge in [0.2, 0.25) is 0 Å². The highest BCUT2D eigenvalue weighted by atomic mass is 35.5. The molecule has 2 aromatic carbocycles. The SMILES string of the molecule is Cc1cc2c(cc1/C=C(/C#N)C(=O)Nc1ccc(Cl)cc1)[C@@H](C)CC(C)(C)N2C. The first-order chi connectivity index (χ1) is 13.6. The first kappa shape index (κ1) is 21.0. The fourth-order valence-corrected chi connectivity index (χ4v) is 4.05. The molecule has 4 nitrogen and oxygen atoms in total. The summed E-state index contributed by atoms with van der Waals surface area (Å²) in [7, 11) is 2.12. The number of nitrogens with one attached hydrogen (secondary N) is 1. The summed E-state index contributed by atoms with van der Waals surface area (Å²) in [6.07, 6.45) is 2.72.